The molecular weight excluding hydrogens is 597 g/mol. The number of benzene rings is 2. The standard InChI is InChI=1S/C25H24N4O7S4/c30-24-22(38-25(37)28(24)11-14-39(31,32)33)16-19-17-29(20-6-2-1-3-7-20)26-23(19)18-5-4-8-21(15-18)40(34,35)27-9-12-36-13-10-27/h1-8,15-17H,9-14H2,(H,31,32,33)/b22-16-. The van der Waals surface area contributed by atoms with Gasteiger partial charge >= 0.3 is 0 Å². The van der Waals surface area contributed by atoms with E-state index in [-0.39, 0.29) is 33.8 Å². The first-order valence-electron chi connectivity index (χ1n) is 12.1. The molecule has 210 valence electrons. The molecule has 1 N–H and O–H groups in total. The zero-order valence-corrected chi connectivity index (χ0v) is 24.2. The van der Waals surface area contributed by atoms with Crippen LogP contribution in [0.4, 0.5) is 0 Å². The number of hydrogen-bond acceptors (Lipinski definition) is 9. The Labute approximate surface area is 241 Å². The number of aromatic nitrogens is 2. The highest BCUT2D eigenvalue weighted by molar-refractivity contribution is 8.26. The molecule has 0 atom stereocenters. The van der Waals surface area contributed by atoms with Crippen molar-refractivity contribution in [2.24, 2.45) is 0 Å². The third-order valence-corrected chi connectivity index (χ3v) is 10.2. The average Bonchev–Trinajstić information content (AvgIpc) is 3.48. The Morgan fingerprint density at radius 1 is 1.05 bits per heavy atom. The first-order chi connectivity index (χ1) is 19.0. The third-order valence-electron chi connectivity index (χ3n) is 6.21. The minimum atomic E-state index is -4.28. The van der Waals surface area contributed by atoms with Gasteiger partial charge in [-0.2, -0.15) is 17.8 Å². The fourth-order valence-electron chi connectivity index (χ4n) is 4.21. The molecule has 40 heavy (non-hydrogen) atoms. The minimum absolute atomic E-state index is 0.114. The monoisotopic (exact) mass is 620 g/mol. The molecule has 1 aromatic heterocycles. The Balaban J connectivity index is 1.55. The zero-order chi connectivity index (χ0) is 28.5. The molecule has 0 radical (unpaired) electrons. The summed E-state index contributed by atoms with van der Waals surface area (Å²) in [5.41, 5.74) is 2.24. The molecule has 0 spiro atoms. The Kier molecular flexibility index (Phi) is 8.24. The second-order valence-electron chi connectivity index (χ2n) is 8.88. The molecule has 3 aromatic rings. The van der Waals surface area contributed by atoms with Crippen LogP contribution in [0.3, 0.4) is 0 Å². The van der Waals surface area contributed by atoms with Gasteiger partial charge in [0.15, 0.2) is 0 Å². The highest BCUT2D eigenvalue weighted by atomic mass is 32.2. The van der Waals surface area contributed by atoms with E-state index in [1.165, 1.54) is 10.4 Å². The molecule has 1 amide bonds. The number of ether oxygens (including phenoxy) is 1. The van der Waals surface area contributed by atoms with Crippen LogP contribution in [0.15, 0.2) is 70.6 Å². The van der Waals surface area contributed by atoms with Crippen LogP contribution in [0.5, 0.6) is 0 Å². The number of thioether (sulfide) groups is 1. The van der Waals surface area contributed by atoms with Gasteiger partial charge in [0.05, 0.1) is 34.5 Å². The van der Waals surface area contributed by atoms with Crippen LogP contribution in [-0.2, 0) is 29.7 Å². The predicted octanol–water partition coefficient (Wildman–Crippen LogP) is 2.65. The van der Waals surface area contributed by atoms with Gasteiger partial charge in [-0.15, -0.1) is 0 Å². The maximum Gasteiger partial charge on any atom is 0.266 e. The lowest BCUT2D eigenvalue weighted by atomic mass is 10.1. The van der Waals surface area contributed by atoms with Gasteiger partial charge in [-0.1, -0.05) is 54.3 Å². The van der Waals surface area contributed by atoms with Crippen LogP contribution in [-0.4, -0.2) is 89.2 Å². The first kappa shape index (κ1) is 28.6. The number of amides is 1. The lowest BCUT2D eigenvalue weighted by Crippen LogP contribution is -2.40. The quantitative estimate of drug-likeness (QED) is 0.227. The van der Waals surface area contributed by atoms with Gasteiger partial charge < -0.3 is 4.74 Å². The second kappa shape index (κ2) is 11.5. The molecule has 2 saturated heterocycles. The van der Waals surface area contributed by atoms with Crippen molar-refractivity contribution in [1.82, 2.24) is 19.0 Å². The van der Waals surface area contributed by atoms with Crippen molar-refractivity contribution in [3.8, 4) is 16.9 Å². The lowest BCUT2D eigenvalue weighted by molar-refractivity contribution is -0.121. The van der Waals surface area contributed by atoms with Gasteiger partial charge in [0.25, 0.3) is 16.0 Å². The minimum Gasteiger partial charge on any atom is -0.379 e. The molecule has 11 nitrogen and oxygen atoms in total. The van der Waals surface area contributed by atoms with Crippen LogP contribution in [0.25, 0.3) is 23.0 Å². The van der Waals surface area contributed by atoms with Crippen molar-refractivity contribution in [2.45, 2.75) is 4.90 Å². The van der Waals surface area contributed by atoms with E-state index in [1.54, 1.807) is 35.2 Å². The van der Waals surface area contributed by atoms with Gasteiger partial charge in [-0.3, -0.25) is 14.2 Å². The second-order valence-corrected chi connectivity index (χ2v) is 14.1. The molecular formula is C25H24N4O7S4. The Bertz CT molecular complexity index is 1700. The number of thiocarbonyl (C=S) groups is 1. The number of hydrogen-bond donors (Lipinski definition) is 1. The van der Waals surface area contributed by atoms with E-state index in [0.717, 1.165) is 22.3 Å². The van der Waals surface area contributed by atoms with Gasteiger partial charge in [-0.05, 0) is 30.3 Å². The van der Waals surface area contributed by atoms with Gasteiger partial charge in [0, 0.05) is 37.0 Å². The highest BCUT2D eigenvalue weighted by Gasteiger charge is 2.33. The Morgan fingerprint density at radius 2 is 1.77 bits per heavy atom. The van der Waals surface area contributed by atoms with E-state index in [2.05, 4.69) is 0 Å². The number of nitrogens with zero attached hydrogens (tertiary/aromatic N) is 4. The molecule has 2 aliphatic rings. The molecule has 2 aromatic carbocycles. The third kappa shape index (κ3) is 6.20. The van der Waals surface area contributed by atoms with E-state index in [9.17, 15) is 21.6 Å². The van der Waals surface area contributed by atoms with E-state index in [1.807, 2.05) is 30.3 Å². The van der Waals surface area contributed by atoms with Crippen molar-refractivity contribution in [2.75, 3.05) is 38.6 Å². The van der Waals surface area contributed by atoms with Crippen LogP contribution in [0.1, 0.15) is 5.56 Å². The largest absolute Gasteiger partial charge is 0.379 e. The fourth-order valence-corrected chi connectivity index (χ4v) is 7.38. The van der Waals surface area contributed by atoms with Crippen molar-refractivity contribution < 1.29 is 30.9 Å². The number of para-hydroxylation sites is 1. The maximum absolute atomic E-state index is 13.3. The van der Waals surface area contributed by atoms with Gasteiger partial charge in [0.2, 0.25) is 10.0 Å². The van der Waals surface area contributed by atoms with E-state index < -0.39 is 31.8 Å². The summed E-state index contributed by atoms with van der Waals surface area (Å²) in [7, 11) is -8.05. The molecule has 0 unspecified atom stereocenters. The first-order valence-corrected chi connectivity index (χ1v) is 16.3. The topological polar surface area (TPSA) is 139 Å². The van der Waals surface area contributed by atoms with E-state index in [0.29, 0.717) is 30.0 Å². The highest BCUT2D eigenvalue weighted by Crippen LogP contribution is 2.35. The van der Waals surface area contributed by atoms with Crippen LogP contribution < -0.4 is 0 Å². The molecule has 15 heteroatoms. The van der Waals surface area contributed by atoms with E-state index in [4.69, 9.17) is 26.6 Å². The van der Waals surface area contributed by atoms with Gasteiger partial charge in [0.1, 0.15) is 10.0 Å². The number of sulfonamides is 1. The summed E-state index contributed by atoms with van der Waals surface area (Å²) in [6.07, 6.45) is 3.32. The summed E-state index contributed by atoms with van der Waals surface area (Å²) >= 11 is 6.28. The Morgan fingerprint density at radius 3 is 2.48 bits per heavy atom. The SMILES string of the molecule is O=C1/C(=C/c2cn(-c3ccccc3)nc2-c2cccc(S(=O)(=O)N3CCOCC3)c2)SC(=S)N1CCS(=O)(=O)O. The van der Waals surface area contributed by atoms with Crippen molar-refractivity contribution in [3.05, 3.63) is 71.3 Å². The average molecular weight is 621 g/mol. The smallest absolute Gasteiger partial charge is 0.266 e. The Hall–Kier alpha value is -2.92. The summed E-state index contributed by atoms with van der Waals surface area (Å²) in [5, 5.41) is 4.72. The zero-order valence-electron chi connectivity index (χ0n) is 20.9. The normalized spacial score (nSPS) is 18.1. The number of carbonyl (C=O) groups is 1. The molecule has 5 rings (SSSR count). The van der Waals surface area contributed by atoms with Gasteiger partial charge in [-0.25, -0.2) is 13.1 Å². The van der Waals surface area contributed by atoms with Crippen molar-refractivity contribution >= 4 is 60.4 Å². The molecule has 0 bridgehead atoms. The number of carbonyl (C=O) groups excluding carboxylic acids is 1. The summed E-state index contributed by atoms with van der Waals surface area (Å²) in [6, 6.07) is 15.8. The fraction of sp³-hybridized carbons (Fsp3) is 0.240. The summed E-state index contributed by atoms with van der Waals surface area (Å²) in [4.78, 5) is 14.6. The number of rotatable bonds is 8. The van der Waals surface area contributed by atoms with Crippen LogP contribution >= 0.6 is 24.0 Å². The summed E-state index contributed by atoms with van der Waals surface area (Å²) in [5.74, 6) is -1.14. The lowest BCUT2D eigenvalue weighted by Gasteiger charge is -2.26. The molecule has 0 aliphatic carbocycles. The van der Waals surface area contributed by atoms with E-state index >= 15 is 0 Å². The molecule has 2 fully saturated rings. The molecule has 2 aliphatic heterocycles. The number of morpholine rings is 1. The summed E-state index contributed by atoms with van der Waals surface area (Å²) < 4.78 is 66.6. The molecule has 3 heterocycles. The maximum atomic E-state index is 13.3. The predicted molar refractivity (Wildman–Crippen MR) is 155 cm³/mol. The van der Waals surface area contributed by atoms with Crippen molar-refractivity contribution in [1.29, 1.82) is 0 Å². The van der Waals surface area contributed by atoms with Crippen molar-refractivity contribution in [3.63, 3.8) is 0 Å². The van der Waals surface area contributed by atoms with Crippen LogP contribution in [0, 0.1) is 0 Å². The van der Waals surface area contributed by atoms with Crippen LogP contribution in [0.2, 0.25) is 0 Å². The summed E-state index contributed by atoms with van der Waals surface area (Å²) in [6.45, 7) is 0.901. The molecule has 0 saturated carbocycles.